The number of benzene rings is 1. The maximum atomic E-state index is 13.0. The molecule has 0 radical (unpaired) electrons. The molecule has 2 atom stereocenters. The van der Waals surface area contributed by atoms with E-state index in [9.17, 15) is 4.79 Å². The molecular weight excluding hydrogens is 308 g/mol. The summed E-state index contributed by atoms with van der Waals surface area (Å²) in [4.78, 5) is 19.9. The fourth-order valence-electron chi connectivity index (χ4n) is 4.68. The summed E-state index contributed by atoms with van der Waals surface area (Å²) in [7, 11) is 0. The third-order valence-corrected chi connectivity index (χ3v) is 5.89. The highest BCUT2D eigenvalue weighted by Gasteiger charge is 2.40. The normalized spacial score (nSPS) is 26.4. The van der Waals surface area contributed by atoms with Crippen molar-refractivity contribution in [2.24, 2.45) is 5.92 Å². The van der Waals surface area contributed by atoms with Crippen molar-refractivity contribution in [1.29, 1.82) is 0 Å². The van der Waals surface area contributed by atoms with Crippen LogP contribution in [-0.2, 0) is 6.54 Å². The largest absolute Gasteiger partial charge is 0.294 e. The molecule has 25 heavy (non-hydrogen) atoms. The predicted octanol–water partition coefficient (Wildman–Crippen LogP) is 4.41. The van der Waals surface area contributed by atoms with Gasteiger partial charge >= 0.3 is 0 Å². The lowest BCUT2D eigenvalue weighted by molar-refractivity contribution is 0.00906. The molecule has 0 N–H and O–H groups in total. The third kappa shape index (κ3) is 3.52. The van der Waals surface area contributed by atoms with Crippen LogP contribution in [0, 0.1) is 12.8 Å². The van der Waals surface area contributed by atoms with E-state index in [1.54, 1.807) is 6.20 Å². The average Bonchev–Trinajstić information content (AvgIpc) is 2.62. The minimum Gasteiger partial charge on any atom is -0.294 e. The van der Waals surface area contributed by atoms with Gasteiger partial charge < -0.3 is 0 Å². The number of carbonyl (C=O) groups is 1. The van der Waals surface area contributed by atoms with E-state index in [1.807, 2.05) is 19.1 Å². The van der Waals surface area contributed by atoms with Crippen LogP contribution >= 0.6 is 0 Å². The SMILES string of the molecule is Cc1cc(C(=O)C2CC3CCCC(C2)N3Cc2ccccc2)ccn1. The lowest BCUT2D eigenvalue weighted by Gasteiger charge is -2.48. The van der Waals surface area contributed by atoms with Crippen molar-refractivity contribution in [3.05, 3.63) is 65.5 Å². The highest BCUT2D eigenvalue weighted by atomic mass is 16.1. The topological polar surface area (TPSA) is 33.2 Å². The molecule has 0 spiro atoms. The van der Waals surface area contributed by atoms with Crippen molar-refractivity contribution in [2.45, 2.75) is 57.7 Å². The first-order valence-electron chi connectivity index (χ1n) is 9.47. The first kappa shape index (κ1) is 16.5. The standard InChI is InChI=1S/C22H26N2O/c1-16-12-18(10-11-23-16)22(25)19-13-20-8-5-9-21(14-19)24(20)15-17-6-3-2-4-7-17/h2-4,6-7,10-12,19-21H,5,8-9,13-15H2,1H3. The van der Waals surface area contributed by atoms with Crippen LogP contribution < -0.4 is 0 Å². The molecule has 130 valence electrons. The van der Waals surface area contributed by atoms with E-state index in [4.69, 9.17) is 0 Å². The van der Waals surface area contributed by atoms with Gasteiger partial charge in [-0.3, -0.25) is 14.7 Å². The zero-order chi connectivity index (χ0) is 17.2. The Hall–Kier alpha value is -2.00. The lowest BCUT2D eigenvalue weighted by Crippen LogP contribution is -2.52. The number of rotatable bonds is 4. The van der Waals surface area contributed by atoms with Crippen molar-refractivity contribution in [3.8, 4) is 0 Å². The van der Waals surface area contributed by atoms with E-state index in [1.165, 1.54) is 24.8 Å². The van der Waals surface area contributed by atoms with Gasteiger partial charge in [0.25, 0.3) is 0 Å². The molecule has 0 saturated carbocycles. The zero-order valence-corrected chi connectivity index (χ0v) is 14.9. The van der Waals surface area contributed by atoms with Crippen molar-refractivity contribution in [3.63, 3.8) is 0 Å². The summed E-state index contributed by atoms with van der Waals surface area (Å²) in [6.07, 6.45) is 7.52. The van der Waals surface area contributed by atoms with E-state index >= 15 is 0 Å². The van der Waals surface area contributed by atoms with Gasteiger partial charge in [0, 0.05) is 42.0 Å². The molecule has 3 heteroatoms. The van der Waals surface area contributed by atoms with Gasteiger partial charge in [-0.05, 0) is 50.3 Å². The molecule has 1 aromatic carbocycles. The van der Waals surface area contributed by atoms with Gasteiger partial charge in [0.15, 0.2) is 5.78 Å². The minimum absolute atomic E-state index is 0.170. The third-order valence-electron chi connectivity index (χ3n) is 5.89. The molecule has 3 nitrogen and oxygen atoms in total. The monoisotopic (exact) mass is 334 g/mol. The molecule has 2 bridgehead atoms. The molecule has 2 saturated heterocycles. The van der Waals surface area contributed by atoms with Crippen LogP contribution in [0.5, 0.6) is 0 Å². The molecule has 2 fully saturated rings. The fourth-order valence-corrected chi connectivity index (χ4v) is 4.68. The Morgan fingerprint density at radius 3 is 2.52 bits per heavy atom. The smallest absolute Gasteiger partial charge is 0.166 e. The molecule has 2 aliphatic heterocycles. The molecular formula is C22H26N2O. The molecule has 2 aliphatic rings. The van der Waals surface area contributed by atoms with Crippen LogP contribution in [0.4, 0.5) is 0 Å². The van der Waals surface area contributed by atoms with Gasteiger partial charge in [0.2, 0.25) is 0 Å². The Kier molecular flexibility index (Phi) is 4.67. The van der Waals surface area contributed by atoms with Crippen molar-refractivity contribution in [1.82, 2.24) is 9.88 Å². The summed E-state index contributed by atoms with van der Waals surface area (Å²) < 4.78 is 0. The van der Waals surface area contributed by atoms with Gasteiger partial charge in [0.05, 0.1) is 0 Å². The van der Waals surface area contributed by atoms with Crippen LogP contribution in [0.25, 0.3) is 0 Å². The van der Waals surface area contributed by atoms with Crippen LogP contribution in [0.1, 0.15) is 53.7 Å². The predicted molar refractivity (Wildman–Crippen MR) is 99.4 cm³/mol. The molecule has 0 aliphatic carbocycles. The maximum Gasteiger partial charge on any atom is 0.166 e. The number of fused-ring (bicyclic) bond motifs is 2. The Morgan fingerprint density at radius 1 is 1.12 bits per heavy atom. The lowest BCUT2D eigenvalue weighted by atomic mass is 9.75. The molecule has 0 amide bonds. The number of piperidine rings is 2. The van der Waals surface area contributed by atoms with E-state index in [2.05, 4.69) is 40.2 Å². The van der Waals surface area contributed by atoms with E-state index in [-0.39, 0.29) is 5.92 Å². The average molecular weight is 334 g/mol. The second kappa shape index (κ2) is 7.09. The minimum atomic E-state index is 0.170. The molecule has 2 unspecified atom stereocenters. The number of aryl methyl sites for hydroxylation is 1. The second-order valence-corrected chi connectivity index (χ2v) is 7.61. The van der Waals surface area contributed by atoms with Crippen LogP contribution in [0.15, 0.2) is 48.7 Å². The Morgan fingerprint density at radius 2 is 1.84 bits per heavy atom. The number of pyridine rings is 1. The molecule has 1 aromatic heterocycles. The molecule has 2 aromatic rings. The number of ketones is 1. The first-order chi connectivity index (χ1) is 12.2. The van der Waals surface area contributed by atoms with Crippen LogP contribution in [0.3, 0.4) is 0 Å². The summed E-state index contributed by atoms with van der Waals surface area (Å²) in [5, 5.41) is 0. The van der Waals surface area contributed by atoms with E-state index < -0.39 is 0 Å². The van der Waals surface area contributed by atoms with Gasteiger partial charge in [-0.2, -0.15) is 0 Å². The summed E-state index contributed by atoms with van der Waals surface area (Å²) in [6.45, 7) is 2.97. The summed E-state index contributed by atoms with van der Waals surface area (Å²) >= 11 is 0. The Bertz CT molecular complexity index is 729. The quantitative estimate of drug-likeness (QED) is 0.777. The van der Waals surface area contributed by atoms with Gasteiger partial charge in [-0.15, -0.1) is 0 Å². The Balaban J connectivity index is 1.50. The second-order valence-electron chi connectivity index (χ2n) is 7.61. The number of hydrogen-bond donors (Lipinski definition) is 0. The Labute approximate surface area is 150 Å². The number of hydrogen-bond acceptors (Lipinski definition) is 3. The van der Waals surface area contributed by atoms with Crippen LogP contribution in [0.2, 0.25) is 0 Å². The van der Waals surface area contributed by atoms with Gasteiger partial charge in [-0.1, -0.05) is 36.8 Å². The van der Waals surface area contributed by atoms with E-state index in [0.717, 1.165) is 30.6 Å². The zero-order valence-electron chi connectivity index (χ0n) is 14.9. The van der Waals surface area contributed by atoms with Gasteiger partial charge in [-0.25, -0.2) is 0 Å². The summed E-state index contributed by atoms with van der Waals surface area (Å²) in [6, 6.07) is 15.6. The van der Waals surface area contributed by atoms with Crippen molar-refractivity contribution >= 4 is 5.78 Å². The molecule has 4 rings (SSSR count). The number of nitrogens with zero attached hydrogens (tertiary/aromatic N) is 2. The van der Waals surface area contributed by atoms with Gasteiger partial charge in [0.1, 0.15) is 0 Å². The van der Waals surface area contributed by atoms with E-state index in [0.29, 0.717) is 17.9 Å². The summed E-state index contributed by atoms with van der Waals surface area (Å²) in [5.41, 5.74) is 3.15. The fraction of sp³-hybridized carbons (Fsp3) is 0.455. The molecule has 3 heterocycles. The maximum absolute atomic E-state index is 13.0. The highest BCUT2D eigenvalue weighted by molar-refractivity contribution is 5.98. The van der Waals surface area contributed by atoms with Crippen molar-refractivity contribution < 1.29 is 4.79 Å². The number of carbonyl (C=O) groups excluding carboxylic acids is 1. The number of aromatic nitrogens is 1. The van der Waals surface area contributed by atoms with Crippen LogP contribution in [-0.4, -0.2) is 27.8 Å². The number of Topliss-reactive ketones (excluding diaryl/α,β-unsaturated/α-hetero) is 1. The summed E-state index contributed by atoms with van der Waals surface area (Å²) in [5.74, 6) is 0.492. The highest BCUT2D eigenvalue weighted by Crippen LogP contribution is 2.39. The van der Waals surface area contributed by atoms with Crippen molar-refractivity contribution in [2.75, 3.05) is 0 Å². The first-order valence-corrected chi connectivity index (χ1v) is 9.47.